The van der Waals surface area contributed by atoms with Gasteiger partial charge in [0.1, 0.15) is 5.75 Å². The molecule has 1 aromatic carbocycles. The molecule has 0 aromatic heterocycles. The van der Waals surface area contributed by atoms with E-state index < -0.39 is 0 Å². The summed E-state index contributed by atoms with van der Waals surface area (Å²) in [5, 5.41) is 3.43. The molecule has 1 fully saturated rings. The first-order valence-corrected chi connectivity index (χ1v) is 6.78. The Hall–Kier alpha value is -1.02. The van der Waals surface area contributed by atoms with E-state index in [9.17, 15) is 0 Å². The highest BCUT2D eigenvalue weighted by Gasteiger charge is 2.37. The molecule has 0 spiro atoms. The molecule has 0 radical (unpaired) electrons. The second kappa shape index (κ2) is 6.06. The lowest BCUT2D eigenvalue weighted by molar-refractivity contribution is 0.317. The second-order valence-electron chi connectivity index (χ2n) is 4.83. The lowest BCUT2D eigenvalue weighted by Gasteiger charge is -2.07. The average molecular weight is 233 g/mol. The summed E-state index contributed by atoms with van der Waals surface area (Å²) in [5.41, 5.74) is 1.45. The minimum Gasteiger partial charge on any atom is -0.494 e. The van der Waals surface area contributed by atoms with E-state index in [1.807, 2.05) is 0 Å². The van der Waals surface area contributed by atoms with Gasteiger partial charge in [0.25, 0.3) is 0 Å². The Morgan fingerprint density at radius 3 is 3.00 bits per heavy atom. The maximum atomic E-state index is 5.67. The fourth-order valence-corrected chi connectivity index (χ4v) is 2.27. The maximum Gasteiger partial charge on any atom is 0.119 e. The van der Waals surface area contributed by atoms with Crippen molar-refractivity contribution in [2.75, 3.05) is 19.7 Å². The fourth-order valence-electron chi connectivity index (χ4n) is 2.27. The molecule has 2 nitrogen and oxygen atoms in total. The number of benzene rings is 1. The Bertz CT molecular complexity index is 351. The zero-order valence-electron chi connectivity index (χ0n) is 10.9. The largest absolute Gasteiger partial charge is 0.494 e. The van der Waals surface area contributed by atoms with Gasteiger partial charge in [-0.2, -0.15) is 0 Å². The van der Waals surface area contributed by atoms with Crippen molar-refractivity contribution in [1.29, 1.82) is 0 Å². The number of nitrogens with one attached hydrogen (secondary N) is 1. The van der Waals surface area contributed by atoms with Gasteiger partial charge in [-0.15, -0.1) is 0 Å². The van der Waals surface area contributed by atoms with Crippen LogP contribution in [-0.2, 0) is 0 Å². The molecule has 0 aliphatic heterocycles. The number of ether oxygens (including phenoxy) is 1. The van der Waals surface area contributed by atoms with Crippen molar-refractivity contribution in [3.63, 3.8) is 0 Å². The number of hydrogen-bond donors (Lipinski definition) is 1. The summed E-state index contributed by atoms with van der Waals surface area (Å²) in [6, 6.07) is 8.62. The monoisotopic (exact) mass is 233 g/mol. The van der Waals surface area contributed by atoms with Crippen LogP contribution in [0.2, 0.25) is 0 Å². The minimum absolute atomic E-state index is 0.749. The van der Waals surface area contributed by atoms with Crippen LogP contribution in [0.1, 0.15) is 38.2 Å². The van der Waals surface area contributed by atoms with Gasteiger partial charge in [0.15, 0.2) is 0 Å². The van der Waals surface area contributed by atoms with Gasteiger partial charge in [0.2, 0.25) is 0 Å². The third-order valence-corrected chi connectivity index (χ3v) is 3.34. The Labute approximate surface area is 104 Å². The van der Waals surface area contributed by atoms with Crippen molar-refractivity contribution < 1.29 is 4.74 Å². The van der Waals surface area contributed by atoms with Crippen LogP contribution in [0, 0.1) is 5.92 Å². The molecule has 17 heavy (non-hydrogen) atoms. The molecule has 1 aliphatic rings. The van der Waals surface area contributed by atoms with Gasteiger partial charge < -0.3 is 10.1 Å². The SMILES string of the molecule is CCCOc1cccc(C2CC2CNCC)c1. The predicted octanol–water partition coefficient (Wildman–Crippen LogP) is 3.19. The van der Waals surface area contributed by atoms with Gasteiger partial charge in [0, 0.05) is 0 Å². The van der Waals surface area contributed by atoms with E-state index in [1.165, 1.54) is 12.0 Å². The molecule has 0 bridgehead atoms. The lowest BCUT2D eigenvalue weighted by Crippen LogP contribution is -2.16. The standard InChI is InChI=1S/C15H23NO/c1-3-8-17-14-7-5-6-12(9-14)15-10-13(15)11-16-4-2/h5-7,9,13,15-16H,3-4,8,10-11H2,1-2H3. The molecule has 2 heteroatoms. The van der Waals surface area contributed by atoms with Crippen LogP contribution in [0.25, 0.3) is 0 Å². The van der Waals surface area contributed by atoms with Gasteiger partial charge in [-0.1, -0.05) is 26.0 Å². The summed E-state index contributed by atoms with van der Waals surface area (Å²) < 4.78 is 5.67. The van der Waals surface area contributed by atoms with Crippen molar-refractivity contribution in [2.24, 2.45) is 5.92 Å². The highest BCUT2D eigenvalue weighted by atomic mass is 16.5. The topological polar surface area (TPSA) is 21.3 Å². The summed E-state index contributed by atoms with van der Waals surface area (Å²) in [5.74, 6) is 2.61. The third kappa shape index (κ3) is 3.47. The molecule has 94 valence electrons. The van der Waals surface area contributed by atoms with E-state index in [0.29, 0.717) is 0 Å². The zero-order chi connectivity index (χ0) is 12.1. The highest BCUT2D eigenvalue weighted by molar-refractivity contribution is 5.34. The van der Waals surface area contributed by atoms with Gasteiger partial charge in [-0.25, -0.2) is 0 Å². The molecule has 1 aliphatic carbocycles. The average Bonchev–Trinajstić information content (AvgIpc) is 3.14. The van der Waals surface area contributed by atoms with E-state index in [0.717, 1.165) is 43.7 Å². The Balaban J connectivity index is 1.89. The van der Waals surface area contributed by atoms with Crippen molar-refractivity contribution >= 4 is 0 Å². The van der Waals surface area contributed by atoms with E-state index >= 15 is 0 Å². The zero-order valence-corrected chi connectivity index (χ0v) is 10.9. The van der Waals surface area contributed by atoms with Crippen LogP contribution >= 0.6 is 0 Å². The fraction of sp³-hybridized carbons (Fsp3) is 0.600. The summed E-state index contributed by atoms with van der Waals surface area (Å²) >= 11 is 0. The Morgan fingerprint density at radius 2 is 2.24 bits per heavy atom. The molecular weight excluding hydrogens is 210 g/mol. The molecule has 0 saturated heterocycles. The van der Waals surface area contributed by atoms with Gasteiger partial charge in [-0.05, 0) is 55.5 Å². The number of rotatable bonds is 7. The molecule has 1 aromatic rings. The molecule has 2 atom stereocenters. The van der Waals surface area contributed by atoms with Crippen LogP contribution in [0.4, 0.5) is 0 Å². The molecule has 0 heterocycles. The van der Waals surface area contributed by atoms with Crippen molar-refractivity contribution in [2.45, 2.75) is 32.6 Å². The van der Waals surface area contributed by atoms with Crippen LogP contribution in [0.15, 0.2) is 24.3 Å². The molecular formula is C15H23NO. The maximum absolute atomic E-state index is 5.67. The Kier molecular flexibility index (Phi) is 4.43. The molecule has 1 saturated carbocycles. The van der Waals surface area contributed by atoms with E-state index in [4.69, 9.17) is 4.74 Å². The molecule has 2 rings (SSSR count). The molecule has 2 unspecified atom stereocenters. The predicted molar refractivity (Wildman–Crippen MR) is 71.6 cm³/mol. The first kappa shape index (κ1) is 12.4. The van der Waals surface area contributed by atoms with Crippen molar-refractivity contribution in [3.05, 3.63) is 29.8 Å². The van der Waals surface area contributed by atoms with Gasteiger partial charge in [-0.3, -0.25) is 0 Å². The summed E-state index contributed by atoms with van der Waals surface area (Å²) in [6.45, 7) is 7.34. The van der Waals surface area contributed by atoms with E-state index in [2.05, 4.69) is 43.4 Å². The third-order valence-electron chi connectivity index (χ3n) is 3.34. The van der Waals surface area contributed by atoms with Crippen LogP contribution in [0.5, 0.6) is 5.75 Å². The highest BCUT2D eigenvalue weighted by Crippen LogP contribution is 2.47. The quantitative estimate of drug-likeness (QED) is 0.781. The first-order chi connectivity index (χ1) is 8.35. The summed E-state index contributed by atoms with van der Waals surface area (Å²) in [7, 11) is 0. The smallest absolute Gasteiger partial charge is 0.119 e. The van der Waals surface area contributed by atoms with Crippen LogP contribution < -0.4 is 10.1 Å². The molecule has 1 N–H and O–H groups in total. The second-order valence-corrected chi connectivity index (χ2v) is 4.83. The first-order valence-electron chi connectivity index (χ1n) is 6.78. The van der Waals surface area contributed by atoms with Crippen molar-refractivity contribution in [1.82, 2.24) is 5.32 Å². The summed E-state index contributed by atoms with van der Waals surface area (Å²) in [6.07, 6.45) is 2.39. The van der Waals surface area contributed by atoms with E-state index in [1.54, 1.807) is 0 Å². The normalized spacial score (nSPS) is 22.5. The Morgan fingerprint density at radius 1 is 1.35 bits per heavy atom. The van der Waals surface area contributed by atoms with E-state index in [-0.39, 0.29) is 0 Å². The van der Waals surface area contributed by atoms with Crippen molar-refractivity contribution in [3.8, 4) is 5.75 Å². The van der Waals surface area contributed by atoms with Crippen LogP contribution in [-0.4, -0.2) is 19.7 Å². The summed E-state index contributed by atoms with van der Waals surface area (Å²) in [4.78, 5) is 0. The number of hydrogen-bond acceptors (Lipinski definition) is 2. The van der Waals surface area contributed by atoms with Gasteiger partial charge in [0.05, 0.1) is 6.61 Å². The molecule has 0 amide bonds. The minimum atomic E-state index is 0.749. The lowest BCUT2D eigenvalue weighted by atomic mass is 10.1. The van der Waals surface area contributed by atoms with Crippen LogP contribution in [0.3, 0.4) is 0 Å². The van der Waals surface area contributed by atoms with Gasteiger partial charge >= 0.3 is 0 Å².